The van der Waals surface area contributed by atoms with Crippen molar-refractivity contribution in [2.45, 2.75) is 0 Å². The first-order valence-electron chi connectivity index (χ1n) is 17.8. The molecule has 0 aliphatic carbocycles. The van der Waals surface area contributed by atoms with Crippen molar-refractivity contribution in [2.24, 2.45) is 0 Å². The minimum absolute atomic E-state index is 1.12. The number of fused-ring (bicyclic) bond motifs is 6. The summed E-state index contributed by atoms with van der Waals surface area (Å²) < 4.78 is 2.61. The summed E-state index contributed by atoms with van der Waals surface area (Å²) in [6.07, 6.45) is 0. The molecule has 52 heavy (non-hydrogen) atoms. The van der Waals surface area contributed by atoms with E-state index in [1.54, 1.807) is 0 Å². The summed E-state index contributed by atoms with van der Waals surface area (Å²) in [6.45, 7) is 0. The third-order valence-corrected chi connectivity index (χ3v) is 11.4. The summed E-state index contributed by atoms with van der Waals surface area (Å²) in [7, 11) is 0. The first-order valence-corrected chi connectivity index (χ1v) is 18.6. The fourth-order valence-electron chi connectivity index (χ4n) is 7.64. The molecule has 0 radical (unpaired) electrons. The summed E-state index contributed by atoms with van der Waals surface area (Å²) >= 11 is 1.86. The van der Waals surface area contributed by atoms with Gasteiger partial charge in [0.05, 0.1) is 5.69 Å². The minimum atomic E-state index is 1.12. The maximum atomic E-state index is 2.44. The Balaban J connectivity index is 1.04. The van der Waals surface area contributed by atoms with Crippen molar-refractivity contribution in [3.8, 4) is 33.4 Å². The topological polar surface area (TPSA) is 3.24 Å². The highest BCUT2D eigenvalue weighted by atomic mass is 32.1. The predicted molar refractivity (Wildman–Crippen MR) is 225 cm³/mol. The van der Waals surface area contributed by atoms with Crippen LogP contribution in [0.4, 0.5) is 17.1 Å². The van der Waals surface area contributed by atoms with Gasteiger partial charge in [-0.1, -0.05) is 164 Å². The quantitative estimate of drug-likeness (QED) is 0.158. The summed E-state index contributed by atoms with van der Waals surface area (Å²) in [4.78, 5) is 2.44. The summed E-state index contributed by atoms with van der Waals surface area (Å²) in [5.41, 5.74) is 10.7. The number of hydrogen-bond donors (Lipinski definition) is 0. The first kappa shape index (κ1) is 30.4. The lowest BCUT2D eigenvalue weighted by molar-refractivity contribution is 1.31. The van der Waals surface area contributed by atoms with E-state index in [1.165, 1.54) is 80.8 Å². The second-order valence-corrected chi connectivity index (χ2v) is 14.4. The van der Waals surface area contributed by atoms with Crippen LogP contribution in [0, 0.1) is 0 Å². The molecule has 0 saturated heterocycles. The van der Waals surface area contributed by atoms with Crippen LogP contribution < -0.4 is 4.90 Å². The molecule has 0 unspecified atom stereocenters. The Morgan fingerprint density at radius 3 is 1.40 bits per heavy atom. The van der Waals surface area contributed by atoms with Gasteiger partial charge in [0.25, 0.3) is 0 Å². The van der Waals surface area contributed by atoms with Crippen LogP contribution in [0.25, 0.3) is 75.1 Å². The average molecular weight is 680 g/mol. The molecule has 1 heterocycles. The van der Waals surface area contributed by atoms with Crippen molar-refractivity contribution < 1.29 is 0 Å². The minimum Gasteiger partial charge on any atom is -0.310 e. The predicted octanol–water partition coefficient (Wildman–Crippen LogP) is 14.8. The van der Waals surface area contributed by atoms with E-state index in [0.717, 1.165) is 11.4 Å². The highest BCUT2D eigenvalue weighted by Gasteiger charge is 2.19. The van der Waals surface area contributed by atoms with Crippen LogP contribution in [-0.4, -0.2) is 0 Å². The van der Waals surface area contributed by atoms with Gasteiger partial charge in [0.2, 0.25) is 0 Å². The third-order valence-electron chi connectivity index (χ3n) is 10.3. The third kappa shape index (κ3) is 5.33. The van der Waals surface area contributed by atoms with E-state index in [-0.39, 0.29) is 0 Å². The molecule has 0 bridgehead atoms. The molecule has 1 nitrogen and oxygen atoms in total. The Kier molecular flexibility index (Phi) is 7.41. The molecule has 0 N–H and O–H groups in total. The van der Waals surface area contributed by atoms with E-state index in [1.807, 2.05) is 11.3 Å². The molecule has 2 heteroatoms. The van der Waals surface area contributed by atoms with E-state index in [4.69, 9.17) is 0 Å². The van der Waals surface area contributed by atoms with E-state index in [9.17, 15) is 0 Å². The van der Waals surface area contributed by atoms with Crippen LogP contribution in [-0.2, 0) is 0 Å². The highest BCUT2D eigenvalue weighted by molar-refractivity contribution is 7.25. The van der Waals surface area contributed by atoms with E-state index >= 15 is 0 Å². The molecule has 1 aromatic heterocycles. The SMILES string of the molecule is c1ccc(-c2ccc(-c3ccc(-c4ccc(N(c5ccc6c(c5)sc5ccccc56)c5cc6ccccc6c6ccccc56)cc4)cc3)cc2)cc1. The van der Waals surface area contributed by atoms with Gasteiger partial charge in [0.1, 0.15) is 0 Å². The second-order valence-electron chi connectivity index (χ2n) is 13.3. The Hall–Kier alpha value is -6.48. The lowest BCUT2D eigenvalue weighted by Gasteiger charge is -2.28. The molecule has 244 valence electrons. The van der Waals surface area contributed by atoms with Crippen LogP contribution >= 0.6 is 11.3 Å². The first-order chi connectivity index (χ1) is 25.8. The van der Waals surface area contributed by atoms with Gasteiger partial charge in [0, 0.05) is 36.9 Å². The van der Waals surface area contributed by atoms with Gasteiger partial charge < -0.3 is 4.90 Å². The maximum absolute atomic E-state index is 2.44. The largest absolute Gasteiger partial charge is 0.310 e. The molecule has 0 fully saturated rings. The Bertz CT molecular complexity index is 2870. The molecule has 0 amide bonds. The van der Waals surface area contributed by atoms with Crippen LogP contribution in [0.15, 0.2) is 200 Å². The number of hydrogen-bond acceptors (Lipinski definition) is 2. The van der Waals surface area contributed by atoms with Crippen LogP contribution in [0.2, 0.25) is 0 Å². The fourth-order valence-corrected chi connectivity index (χ4v) is 8.78. The van der Waals surface area contributed by atoms with Crippen LogP contribution in [0.5, 0.6) is 0 Å². The van der Waals surface area contributed by atoms with Crippen molar-refractivity contribution in [3.05, 3.63) is 200 Å². The molecule has 0 aliphatic rings. The number of anilines is 3. The van der Waals surface area contributed by atoms with Gasteiger partial charge in [-0.05, 0) is 85.9 Å². The zero-order chi connectivity index (χ0) is 34.4. The lowest BCUT2D eigenvalue weighted by atomic mass is 9.97. The summed E-state index contributed by atoms with van der Waals surface area (Å²) in [5.74, 6) is 0. The molecule has 9 aromatic carbocycles. The molecule has 10 rings (SSSR count). The molecule has 0 spiro atoms. The summed E-state index contributed by atoms with van der Waals surface area (Å²) in [6, 6.07) is 72.9. The van der Waals surface area contributed by atoms with Crippen LogP contribution in [0.1, 0.15) is 0 Å². The van der Waals surface area contributed by atoms with Crippen molar-refractivity contribution in [1.82, 2.24) is 0 Å². The standard InChI is InChI=1S/C50H33NS/c1-2-10-34(11-3-1)35-18-20-36(21-19-35)37-22-24-38(25-23-37)39-26-28-41(29-27-39)51(42-30-31-47-46-16-8-9-17-49(46)52-50(47)33-42)48-32-40-12-4-5-13-43(40)44-14-6-7-15-45(44)48/h1-33H. The Morgan fingerprint density at radius 2 is 0.750 bits per heavy atom. The molecule has 10 aromatic rings. The van der Waals surface area contributed by atoms with Gasteiger partial charge in [0.15, 0.2) is 0 Å². The van der Waals surface area contributed by atoms with Gasteiger partial charge in [-0.25, -0.2) is 0 Å². The molecule has 0 aliphatic heterocycles. The van der Waals surface area contributed by atoms with E-state index < -0.39 is 0 Å². The van der Waals surface area contributed by atoms with Crippen LogP contribution in [0.3, 0.4) is 0 Å². The monoisotopic (exact) mass is 679 g/mol. The second kappa shape index (κ2) is 12.7. The number of thiophene rings is 1. The fraction of sp³-hybridized carbons (Fsp3) is 0. The maximum Gasteiger partial charge on any atom is 0.0546 e. The molecular weight excluding hydrogens is 647 g/mol. The van der Waals surface area contributed by atoms with Gasteiger partial charge >= 0.3 is 0 Å². The average Bonchev–Trinajstić information content (AvgIpc) is 3.60. The Morgan fingerprint density at radius 1 is 0.288 bits per heavy atom. The molecule has 0 saturated carbocycles. The normalized spacial score (nSPS) is 11.5. The smallest absolute Gasteiger partial charge is 0.0546 e. The zero-order valence-corrected chi connectivity index (χ0v) is 29.2. The molecular formula is C50H33NS. The zero-order valence-electron chi connectivity index (χ0n) is 28.4. The summed E-state index contributed by atoms with van der Waals surface area (Å²) in [5, 5.41) is 7.61. The number of rotatable bonds is 6. The van der Waals surface area contributed by atoms with E-state index in [2.05, 4.69) is 205 Å². The number of benzene rings is 9. The van der Waals surface area contributed by atoms with E-state index in [0.29, 0.717) is 0 Å². The Labute approximate surface area is 307 Å². The van der Waals surface area contributed by atoms with Crippen molar-refractivity contribution in [1.29, 1.82) is 0 Å². The van der Waals surface area contributed by atoms with Gasteiger partial charge in [-0.2, -0.15) is 0 Å². The highest BCUT2D eigenvalue weighted by Crippen LogP contribution is 2.44. The lowest BCUT2D eigenvalue weighted by Crippen LogP contribution is -2.10. The van der Waals surface area contributed by atoms with Crippen molar-refractivity contribution in [3.63, 3.8) is 0 Å². The van der Waals surface area contributed by atoms with Gasteiger partial charge in [-0.3, -0.25) is 0 Å². The molecule has 0 atom stereocenters. The van der Waals surface area contributed by atoms with Crippen molar-refractivity contribution in [2.75, 3.05) is 4.90 Å². The number of nitrogens with zero attached hydrogens (tertiary/aromatic N) is 1. The van der Waals surface area contributed by atoms with Crippen molar-refractivity contribution >= 4 is 70.1 Å². The van der Waals surface area contributed by atoms with Gasteiger partial charge in [-0.15, -0.1) is 11.3 Å².